The van der Waals surface area contributed by atoms with E-state index >= 15 is 0 Å². The standard InChI is InChI=1S/C26H36N4O4/c1-26(2,3)34-25(31)30-19-8-9-20(30)13-18(12-19)17-7-11-23-27-24(28-29(23)15-17)16-6-10-21(32-4)22(14-16)33-5/h6,10,14,17-20H,7-9,11-13,15H2,1-5H3. The Balaban J connectivity index is 1.28. The van der Waals surface area contributed by atoms with Crippen LogP contribution in [-0.2, 0) is 17.7 Å². The van der Waals surface area contributed by atoms with Crippen molar-refractivity contribution in [1.29, 1.82) is 0 Å². The number of ether oxygens (including phenoxy) is 3. The number of aromatic nitrogens is 3. The molecule has 3 atom stereocenters. The smallest absolute Gasteiger partial charge is 0.410 e. The molecular weight excluding hydrogens is 432 g/mol. The molecule has 8 heteroatoms. The van der Waals surface area contributed by atoms with Crippen LogP contribution in [0.5, 0.6) is 11.5 Å². The van der Waals surface area contributed by atoms with Gasteiger partial charge < -0.3 is 19.1 Å². The van der Waals surface area contributed by atoms with E-state index in [2.05, 4.69) is 4.68 Å². The van der Waals surface area contributed by atoms with Crippen molar-refractivity contribution < 1.29 is 19.0 Å². The number of piperidine rings is 1. The Kier molecular flexibility index (Phi) is 5.94. The maximum atomic E-state index is 12.8. The number of hydrogen-bond acceptors (Lipinski definition) is 6. The fraction of sp³-hybridized carbons (Fsp3) is 0.654. The van der Waals surface area contributed by atoms with Crippen molar-refractivity contribution in [3.63, 3.8) is 0 Å². The first-order valence-corrected chi connectivity index (χ1v) is 12.4. The summed E-state index contributed by atoms with van der Waals surface area (Å²) < 4.78 is 18.6. The molecule has 0 spiro atoms. The second-order valence-corrected chi connectivity index (χ2v) is 10.9. The van der Waals surface area contributed by atoms with Crippen LogP contribution in [0.2, 0.25) is 0 Å². The molecule has 2 aromatic rings. The lowest BCUT2D eigenvalue weighted by molar-refractivity contribution is -0.00400. The van der Waals surface area contributed by atoms with E-state index in [0.29, 0.717) is 35.4 Å². The Hall–Kier alpha value is -2.77. The summed E-state index contributed by atoms with van der Waals surface area (Å²) in [6.45, 7) is 6.71. The first-order chi connectivity index (χ1) is 16.3. The minimum absolute atomic E-state index is 0.139. The highest BCUT2D eigenvalue weighted by Gasteiger charge is 2.46. The fourth-order valence-corrected chi connectivity index (χ4v) is 6.03. The molecule has 34 heavy (non-hydrogen) atoms. The molecule has 0 radical (unpaired) electrons. The van der Waals surface area contributed by atoms with Crippen molar-refractivity contribution >= 4 is 6.09 Å². The average molecular weight is 469 g/mol. The highest BCUT2D eigenvalue weighted by Crippen LogP contribution is 2.44. The highest BCUT2D eigenvalue weighted by atomic mass is 16.6. The first kappa shape index (κ1) is 23.0. The van der Waals surface area contributed by atoms with Crippen molar-refractivity contribution in [3.8, 4) is 22.9 Å². The Morgan fingerprint density at radius 2 is 1.71 bits per heavy atom. The van der Waals surface area contributed by atoms with Crippen molar-refractivity contribution in [1.82, 2.24) is 19.7 Å². The summed E-state index contributed by atoms with van der Waals surface area (Å²) in [5.74, 6) is 4.33. The van der Waals surface area contributed by atoms with E-state index in [-0.39, 0.29) is 6.09 Å². The van der Waals surface area contributed by atoms with Crippen LogP contribution in [0.15, 0.2) is 18.2 Å². The molecule has 3 unspecified atom stereocenters. The molecular formula is C26H36N4O4. The van der Waals surface area contributed by atoms with E-state index in [1.807, 2.05) is 43.9 Å². The van der Waals surface area contributed by atoms with Crippen LogP contribution in [0, 0.1) is 11.8 Å². The number of hydrogen-bond donors (Lipinski definition) is 0. The molecule has 3 aliphatic heterocycles. The van der Waals surface area contributed by atoms with Crippen LogP contribution in [-0.4, -0.2) is 57.7 Å². The Labute approximate surface area is 201 Å². The molecule has 1 aromatic carbocycles. The van der Waals surface area contributed by atoms with Crippen molar-refractivity contribution in [2.75, 3.05) is 14.2 Å². The number of benzene rings is 1. The zero-order valence-electron chi connectivity index (χ0n) is 20.9. The topological polar surface area (TPSA) is 78.7 Å². The molecule has 1 aromatic heterocycles. The van der Waals surface area contributed by atoms with Gasteiger partial charge in [-0.15, -0.1) is 0 Å². The SMILES string of the molecule is COc1ccc(-c2nc3n(n2)CC(C2CC4CCC(C2)N4C(=O)OC(C)(C)C)CC3)cc1OC. The van der Waals surface area contributed by atoms with Gasteiger partial charge in [0.25, 0.3) is 0 Å². The van der Waals surface area contributed by atoms with E-state index in [4.69, 9.17) is 24.3 Å². The third-order valence-corrected chi connectivity index (χ3v) is 7.58. The zero-order valence-corrected chi connectivity index (χ0v) is 20.9. The minimum Gasteiger partial charge on any atom is -0.493 e. The third kappa shape index (κ3) is 4.34. The molecule has 0 N–H and O–H groups in total. The number of aryl methyl sites for hydroxylation is 1. The summed E-state index contributed by atoms with van der Waals surface area (Å²) in [7, 11) is 3.27. The molecule has 1 amide bonds. The summed E-state index contributed by atoms with van der Waals surface area (Å²) in [5.41, 5.74) is 0.478. The number of rotatable bonds is 4. The van der Waals surface area contributed by atoms with Crippen LogP contribution in [0.4, 0.5) is 4.79 Å². The second kappa shape index (κ2) is 8.78. The zero-order chi connectivity index (χ0) is 24.0. The van der Waals surface area contributed by atoms with E-state index in [1.165, 1.54) is 0 Å². The number of carbonyl (C=O) groups excluding carboxylic acids is 1. The number of methoxy groups -OCH3 is 2. The van der Waals surface area contributed by atoms with E-state index in [0.717, 1.165) is 62.3 Å². The van der Waals surface area contributed by atoms with Crippen molar-refractivity contribution in [2.45, 2.75) is 83.5 Å². The van der Waals surface area contributed by atoms with Crippen LogP contribution in [0.3, 0.4) is 0 Å². The van der Waals surface area contributed by atoms with Gasteiger partial charge in [-0.3, -0.25) is 0 Å². The van der Waals surface area contributed by atoms with Crippen molar-refractivity contribution in [2.24, 2.45) is 11.8 Å². The van der Waals surface area contributed by atoms with Crippen LogP contribution in [0.25, 0.3) is 11.4 Å². The second-order valence-electron chi connectivity index (χ2n) is 10.9. The summed E-state index contributed by atoms with van der Waals surface area (Å²) in [6, 6.07) is 6.41. The van der Waals surface area contributed by atoms with Gasteiger partial charge in [0.05, 0.1) is 14.2 Å². The molecule has 3 aliphatic rings. The Morgan fingerprint density at radius 3 is 2.35 bits per heavy atom. The Bertz CT molecular complexity index is 1050. The third-order valence-electron chi connectivity index (χ3n) is 7.58. The largest absolute Gasteiger partial charge is 0.493 e. The summed E-state index contributed by atoms with van der Waals surface area (Å²) in [5, 5.41) is 4.86. The number of nitrogens with zero attached hydrogens (tertiary/aromatic N) is 4. The first-order valence-electron chi connectivity index (χ1n) is 12.4. The molecule has 0 aliphatic carbocycles. The monoisotopic (exact) mass is 468 g/mol. The van der Waals surface area contributed by atoms with Crippen molar-refractivity contribution in [3.05, 3.63) is 24.0 Å². The fourth-order valence-electron chi connectivity index (χ4n) is 6.03. The number of amides is 1. The van der Waals surface area contributed by atoms with Gasteiger partial charge in [0.15, 0.2) is 17.3 Å². The van der Waals surface area contributed by atoms with Gasteiger partial charge in [0.2, 0.25) is 0 Å². The lowest BCUT2D eigenvalue weighted by Gasteiger charge is -2.42. The molecule has 184 valence electrons. The van der Waals surface area contributed by atoms with Crippen LogP contribution >= 0.6 is 0 Å². The van der Waals surface area contributed by atoms with Crippen LogP contribution in [0.1, 0.15) is 58.7 Å². The maximum absolute atomic E-state index is 12.8. The summed E-state index contributed by atoms with van der Waals surface area (Å²) >= 11 is 0. The van der Waals surface area contributed by atoms with Gasteiger partial charge in [-0.25, -0.2) is 14.5 Å². The van der Waals surface area contributed by atoms with Gasteiger partial charge in [0, 0.05) is 30.6 Å². The number of fused-ring (bicyclic) bond motifs is 3. The molecule has 0 saturated carbocycles. The molecule has 2 fully saturated rings. The van der Waals surface area contributed by atoms with Gasteiger partial charge in [-0.05, 0) is 82.9 Å². The molecule has 4 heterocycles. The van der Waals surface area contributed by atoms with Gasteiger partial charge in [-0.1, -0.05) is 0 Å². The predicted molar refractivity (Wildman–Crippen MR) is 128 cm³/mol. The van der Waals surface area contributed by atoms with E-state index < -0.39 is 5.60 Å². The summed E-state index contributed by atoms with van der Waals surface area (Å²) in [4.78, 5) is 19.7. The average Bonchev–Trinajstić information content (AvgIpc) is 3.35. The molecule has 5 rings (SSSR count). The highest BCUT2D eigenvalue weighted by molar-refractivity contribution is 5.69. The molecule has 8 nitrogen and oxygen atoms in total. The predicted octanol–water partition coefficient (Wildman–Crippen LogP) is 4.70. The quantitative estimate of drug-likeness (QED) is 0.647. The normalized spacial score (nSPS) is 26.2. The number of carbonyl (C=O) groups is 1. The van der Waals surface area contributed by atoms with Gasteiger partial charge in [0.1, 0.15) is 11.4 Å². The minimum atomic E-state index is -0.453. The van der Waals surface area contributed by atoms with E-state index in [1.54, 1.807) is 14.2 Å². The Morgan fingerprint density at radius 1 is 1.00 bits per heavy atom. The van der Waals surface area contributed by atoms with E-state index in [9.17, 15) is 4.79 Å². The maximum Gasteiger partial charge on any atom is 0.410 e. The summed E-state index contributed by atoms with van der Waals surface area (Å²) in [6.07, 6.45) is 6.23. The lowest BCUT2D eigenvalue weighted by Crippen LogP contribution is -2.50. The van der Waals surface area contributed by atoms with Gasteiger partial charge in [-0.2, -0.15) is 5.10 Å². The molecule has 2 bridgehead atoms. The molecule has 2 saturated heterocycles. The van der Waals surface area contributed by atoms with Gasteiger partial charge >= 0.3 is 6.09 Å². The van der Waals surface area contributed by atoms with Crippen LogP contribution < -0.4 is 9.47 Å². The lowest BCUT2D eigenvalue weighted by atomic mass is 9.77.